The van der Waals surface area contributed by atoms with Crippen molar-refractivity contribution in [3.8, 4) is 28.9 Å². The second kappa shape index (κ2) is 7.87. The lowest BCUT2D eigenvalue weighted by molar-refractivity contribution is 0.0994. The van der Waals surface area contributed by atoms with Crippen molar-refractivity contribution in [3.05, 3.63) is 35.9 Å². The van der Waals surface area contributed by atoms with Crippen LogP contribution in [0.2, 0.25) is 0 Å². The van der Waals surface area contributed by atoms with Gasteiger partial charge >= 0.3 is 0 Å². The number of methoxy groups -OCH3 is 4. The van der Waals surface area contributed by atoms with Crippen LogP contribution in [-0.4, -0.2) is 44.4 Å². The molecule has 9 nitrogen and oxygen atoms in total. The second-order valence-corrected chi connectivity index (χ2v) is 5.65. The average Bonchev–Trinajstić information content (AvgIpc) is 3.04. The zero-order valence-corrected chi connectivity index (χ0v) is 15.8. The first-order valence-corrected chi connectivity index (χ1v) is 8.17. The number of hydrogen-bond acceptors (Lipinski definition) is 7. The zero-order chi connectivity index (χ0) is 20.3. The average molecular weight is 385 g/mol. The first-order valence-electron chi connectivity index (χ1n) is 8.17. The Bertz CT molecular complexity index is 1030. The van der Waals surface area contributed by atoms with E-state index < -0.39 is 5.91 Å². The summed E-state index contributed by atoms with van der Waals surface area (Å²) in [6.07, 6.45) is 0. The summed E-state index contributed by atoms with van der Waals surface area (Å²) in [6, 6.07) is 8.10. The third kappa shape index (κ3) is 3.41. The van der Waals surface area contributed by atoms with Crippen molar-refractivity contribution in [2.45, 2.75) is 0 Å². The molecule has 0 saturated carbocycles. The fourth-order valence-corrected chi connectivity index (χ4v) is 2.73. The number of azo groups is 1. The minimum atomic E-state index is -0.643. The van der Waals surface area contributed by atoms with Crippen LogP contribution < -0.4 is 18.9 Å². The number of fused-ring (bicyclic) bond motifs is 1. The van der Waals surface area contributed by atoms with E-state index in [0.29, 0.717) is 33.9 Å². The molecule has 2 aromatic carbocycles. The van der Waals surface area contributed by atoms with Crippen molar-refractivity contribution >= 4 is 22.5 Å². The maximum absolute atomic E-state index is 12.5. The lowest BCUT2D eigenvalue weighted by atomic mass is 10.1. The lowest BCUT2D eigenvalue weighted by Crippen LogP contribution is -2.00. The molecular weight excluding hydrogens is 366 g/mol. The van der Waals surface area contributed by atoms with Gasteiger partial charge in [-0.05, 0) is 30.3 Å². The van der Waals surface area contributed by atoms with Crippen molar-refractivity contribution in [3.63, 3.8) is 0 Å². The van der Waals surface area contributed by atoms with Crippen molar-refractivity contribution in [1.29, 1.82) is 0 Å². The summed E-state index contributed by atoms with van der Waals surface area (Å²) >= 11 is 0. The molecule has 3 rings (SSSR count). The molecule has 0 fully saturated rings. The number of carbonyl (C=O) groups is 1. The summed E-state index contributed by atoms with van der Waals surface area (Å²) in [5, 5.41) is 18.3. The van der Waals surface area contributed by atoms with E-state index in [1.165, 1.54) is 40.6 Å². The first-order chi connectivity index (χ1) is 13.5. The fraction of sp³-hybridized carbons (Fsp3) is 0.211. The van der Waals surface area contributed by atoms with Gasteiger partial charge in [-0.15, -0.1) is 10.2 Å². The molecular formula is C19H19N3O6. The molecule has 0 atom stereocenters. The van der Waals surface area contributed by atoms with Gasteiger partial charge in [0.25, 0.3) is 5.91 Å². The van der Waals surface area contributed by atoms with Crippen LogP contribution in [0.25, 0.3) is 10.9 Å². The predicted molar refractivity (Wildman–Crippen MR) is 101 cm³/mol. The van der Waals surface area contributed by atoms with E-state index >= 15 is 0 Å². The molecule has 1 aromatic heterocycles. The third-order valence-corrected chi connectivity index (χ3v) is 4.11. The third-order valence-electron chi connectivity index (χ3n) is 4.11. The molecule has 0 spiro atoms. The van der Waals surface area contributed by atoms with E-state index in [0.717, 1.165) is 0 Å². The van der Waals surface area contributed by atoms with Crippen LogP contribution in [0, 0.1) is 0 Å². The number of benzene rings is 2. The number of H-pyrrole nitrogens is 1. The molecule has 0 aliphatic heterocycles. The monoisotopic (exact) mass is 385 g/mol. The molecule has 1 heterocycles. The Morgan fingerprint density at radius 1 is 0.964 bits per heavy atom. The van der Waals surface area contributed by atoms with E-state index in [2.05, 4.69) is 15.2 Å². The van der Waals surface area contributed by atoms with Gasteiger partial charge < -0.3 is 29.0 Å². The largest absolute Gasteiger partial charge is 0.497 e. The van der Waals surface area contributed by atoms with E-state index in [1.807, 2.05) is 0 Å². The maximum Gasteiger partial charge on any atom is 0.295 e. The highest BCUT2D eigenvalue weighted by Crippen LogP contribution is 2.39. The van der Waals surface area contributed by atoms with E-state index in [-0.39, 0.29) is 17.1 Å². The van der Waals surface area contributed by atoms with Gasteiger partial charge in [0, 0.05) is 5.39 Å². The molecule has 0 aliphatic carbocycles. The number of rotatable bonds is 6. The van der Waals surface area contributed by atoms with Crippen molar-refractivity contribution in [2.75, 3.05) is 28.4 Å². The van der Waals surface area contributed by atoms with Gasteiger partial charge in [0.1, 0.15) is 5.75 Å². The number of amides is 1. The molecule has 28 heavy (non-hydrogen) atoms. The number of aromatic nitrogens is 1. The van der Waals surface area contributed by atoms with E-state index in [4.69, 9.17) is 18.9 Å². The first kappa shape index (κ1) is 19.0. The quantitative estimate of drug-likeness (QED) is 0.623. The number of nitrogens with zero attached hydrogens (tertiary/aromatic N) is 2. The highest BCUT2D eigenvalue weighted by atomic mass is 16.5. The van der Waals surface area contributed by atoms with Crippen molar-refractivity contribution in [1.82, 2.24) is 4.98 Å². The molecule has 9 heteroatoms. The van der Waals surface area contributed by atoms with Crippen molar-refractivity contribution < 1.29 is 28.8 Å². The Morgan fingerprint density at radius 2 is 1.64 bits per heavy atom. The minimum Gasteiger partial charge on any atom is -0.497 e. The van der Waals surface area contributed by atoms with E-state index in [9.17, 15) is 9.90 Å². The molecule has 0 unspecified atom stereocenters. The minimum absolute atomic E-state index is 0.134. The molecule has 2 N–H and O–H groups in total. The molecule has 0 bridgehead atoms. The number of nitrogens with one attached hydrogen (secondary N) is 1. The summed E-state index contributed by atoms with van der Waals surface area (Å²) in [4.78, 5) is 15.3. The Labute approximate surface area is 160 Å². The van der Waals surface area contributed by atoms with Crippen LogP contribution in [0.15, 0.2) is 40.6 Å². The van der Waals surface area contributed by atoms with Gasteiger partial charge in [-0.1, -0.05) is 0 Å². The van der Waals surface area contributed by atoms with Gasteiger partial charge in [-0.25, -0.2) is 0 Å². The topological polar surface area (TPSA) is 115 Å². The Hall–Kier alpha value is -3.75. The normalized spacial score (nSPS) is 11.0. The highest BCUT2D eigenvalue weighted by Gasteiger charge is 2.18. The fourth-order valence-electron chi connectivity index (χ4n) is 2.73. The highest BCUT2D eigenvalue weighted by molar-refractivity contribution is 5.98. The van der Waals surface area contributed by atoms with Crippen LogP contribution >= 0.6 is 0 Å². The summed E-state index contributed by atoms with van der Waals surface area (Å²) in [7, 11) is 5.90. The zero-order valence-electron chi connectivity index (χ0n) is 15.8. The molecule has 3 aromatic rings. The van der Waals surface area contributed by atoms with Gasteiger partial charge in [0.15, 0.2) is 17.2 Å². The SMILES string of the molecule is COc1ccc2[nH]c(O)c(N=NC(=O)c3cc(OC)c(OC)c(OC)c3)c2c1. The van der Waals surface area contributed by atoms with Crippen LogP contribution in [0.3, 0.4) is 0 Å². The molecule has 0 radical (unpaired) electrons. The van der Waals surface area contributed by atoms with Gasteiger partial charge in [0.2, 0.25) is 11.6 Å². The number of aromatic hydroxyl groups is 1. The summed E-state index contributed by atoms with van der Waals surface area (Å²) in [5.41, 5.74) is 0.956. The molecule has 146 valence electrons. The molecule has 0 saturated heterocycles. The smallest absolute Gasteiger partial charge is 0.295 e. The van der Waals surface area contributed by atoms with Gasteiger partial charge in [0.05, 0.1) is 39.5 Å². The van der Waals surface area contributed by atoms with Crippen LogP contribution in [0.1, 0.15) is 10.4 Å². The predicted octanol–water partition coefficient (Wildman–Crippen LogP) is 3.83. The Morgan fingerprint density at radius 3 is 2.21 bits per heavy atom. The second-order valence-electron chi connectivity index (χ2n) is 5.65. The summed E-state index contributed by atoms with van der Waals surface area (Å²) in [5.74, 6) is 0.736. The molecule has 1 amide bonds. The standard InChI is InChI=1S/C19H19N3O6/c1-25-11-5-6-13-12(9-11)16(19(24)20-13)21-22-18(23)10-7-14(26-2)17(28-4)15(8-10)27-3/h5-9,20,24H,1-4H3. The Balaban J connectivity index is 1.98. The van der Waals surface area contributed by atoms with Gasteiger partial charge in [-0.2, -0.15) is 0 Å². The summed E-state index contributed by atoms with van der Waals surface area (Å²) < 4.78 is 20.9. The van der Waals surface area contributed by atoms with Crippen LogP contribution in [-0.2, 0) is 0 Å². The lowest BCUT2D eigenvalue weighted by Gasteiger charge is -2.12. The number of ether oxygens (including phenoxy) is 4. The Kier molecular flexibility index (Phi) is 5.35. The number of hydrogen-bond donors (Lipinski definition) is 2. The van der Waals surface area contributed by atoms with Gasteiger partial charge in [-0.3, -0.25) is 4.79 Å². The van der Waals surface area contributed by atoms with Crippen LogP contribution in [0.4, 0.5) is 5.69 Å². The van der Waals surface area contributed by atoms with Crippen molar-refractivity contribution in [2.24, 2.45) is 10.2 Å². The number of aromatic amines is 1. The van der Waals surface area contributed by atoms with Crippen LogP contribution in [0.5, 0.6) is 28.9 Å². The molecule has 0 aliphatic rings. The van der Waals surface area contributed by atoms with E-state index in [1.54, 1.807) is 18.2 Å². The number of carbonyl (C=O) groups excluding carboxylic acids is 1. The summed E-state index contributed by atoms with van der Waals surface area (Å²) in [6.45, 7) is 0. The maximum atomic E-state index is 12.5.